The first kappa shape index (κ1) is 15.3. The lowest BCUT2D eigenvalue weighted by molar-refractivity contribution is -0.117. The highest BCUT2D eigenvalue weighted by Crippen LogP contribution is 2.28. The fraction of sp³-hybridized carbons (Fsp3) is 0.412. The van der Waals surface area contributed by atoms with E-state index in [1.165, 1.54) is 0 Å². The molecule has 112 valence electrons. The van der Waals surface area contributed by atoms with E-state index in [9.17, 15) is 4.79 Å². The summed E-state index contributed by atoms with van der Waals surface area (Å²) in [7, 11) is 0. The first-order valence-corrected chi connectivity index (χ1v) is 7.27. The van der Waals surface area contributed by atoms with Crippen molar-refractivity contribution < 1.29 is 4.79 Å². The van der Waals surface area contributed by atoms with Gasteiger partial charge in [0.1, 0.15) is 0 Å². The van der Waals surface area contributed by atoms with Crippen molar-refractivity contribution in [2.75, 3.05) is 5.32 Å². The molecule has 1 N–H and O–H groups in total. The van der Waals surface area contributed by atoms with Gasteiger partial charge >= 0.3 is 0 Å². The van der Waals surface area contributed by atoms with Crippen molar-refractivity contribution in [2.45, 2.75) is 34.1 Å². The van der Waals surface area contributed by atoms with Gasteiger partial charge in [-0.2, -0.15) is 5.10 Å². The minimum absolute atomic E-state index is 0.0389. The normalized spacial score (nSPS) is 13.0. The number of anilines is 1. The Labute approximate surface area is 126 Å². The molecule has 0 fully saturated rings. The van der Waals surface area contributed by atoms with E-state index in [2.05, 4.69) is 38.1 Å². The van der Waals surface area contributed by atoms with Gasteiger partial charge < -0.3 is 5.32 Å². The highest BCUT2D eigenvalue weighted by molar-refractivity contribution is 5.92. The summed E-state index contributed by atoms with van der Waals surface area (Å²) < 4.78 is 1.75. The molecule has 1 aromatic carbocycles. The fourth-order valence-corrected chi connectivity index (χ4v) is 1.98. The predicted octanol–water partition coefficient (Wildman–Crippen LogP) is 3.88. The molecule has 0 saturated heterocycles. The molecule has 1 atom stereocenters. The van der Waals surface area contributed by atoms with Gasteiger partial charge in [-0.25, -0.2) is 4.68 Å². The molecule has 0 spiro atoms. The van der Waals surface area contributed by atoms with E-state index in [4.69, 9.17) is 0 Å². The Morgan fingerprint density at radius 2 is 2.00 bits per heavy atom. The molecule has 0 radical (unpaired) electrons. The van der Waals surface area contributed by atoms with Crippen LogP contribution in [0.4, 0.5) is 5.69 Å². The molecule has 0 saturated carbocycles. The lowest BCUT2D eigenvalue weighted by atomic mass is 9.80. The van der Waals surface area contributed by atoms with Crippen LogP contribution in [0.2, 0.25) is 0 Å². The molecular formula is C17H23N3O. The van der Waals surface area contributed by atoms with Crippen molar-refractivity contribution in [3.8, 4) is 5.69 Å². The first-order chi connectivity index (χ1) is 9.88. The minimum atomic E-state index is 0.0389. The van der Waals surface area contributed by atoms with Crippen LogP contribution in [0.5, 0.6) is 0 Å². The summed E-state index contributed by atoms with van der Waals surface area (Å²) in [6, 6.07) is 9.55. The lowest BCUT2D eigenvalue weighted by Gasteiger charge is -2.26. The summed E-state index contributed by atoms with van der Waals surface area (Å²) in [5.41, 5.74) is 1.78. The Morgan fingerprint density at radius 1 is 1.29 bits per heavy atom. The van der Waals surface area contributed by atoms with E-state index in [0.29, 0.717) is 12.3 Å². The smallest absolute Gasteiger partial charge is 0.224 e. The number of nitrogens with one attached hydrogen (secondary N) is 1. The molecule has 4 nitrogen and oxygen atoms in total. The standard InChI is InChI=1S/C17H23N3O/c1-13(17(2,3)4)12-16(21)19-14-8-5-6-9-15(14)20-11-7-10-18-20/h5-11,13H,12H2,1-4H3,(H,19,21). The van der Waals surface area contributed by atoms with E-state index >= 15 is 0 Å². The fourth-order valence-electron chi connectivity index (χ4n) is 1.98. The topological polar surface area (TPSA) is 46.9 Å². The number of nitrogens with zero attached hydrogens (tertiary/aromatic N) is 2. The number of carbonyl (C=O) groups excluding carboxylic acids is 1. The van der Waals surface area contributed by atoms with Gasteiger partial charge in [-0.15, -0.1) is 0 Å². The van der Waals surface area contributed by atoms with Gasteiger partial charge in [-0.1, -0.05) is 39.8 Å². The predicted molar refractivity (Wildman–Crippen MR) is 85.4 cm³/mol. The number of hydrogen-bond acceptors (Lipinski definition) is 2. The second-order valence-electron chi connectivity index (χ2n) is 6.49. The lowest BCUT2D eigenvalue weighted by Crippen LogP contribution is -2.24. The van der Waals surface area contributed by atoms with Crippen molar-refractivity contribution >= 4 is 11.6 Å². The Hall–Kier alpha value is -2.10. The molecule has 1 unspecified atom stereocenters. The number of para-hydroxylation sites is 2. The van der Waals surface area contributed by atoms with Gasteiger partial charge in [0.25, 0.3) is 0 Å². The van der Waals surface area contributed by atoms with Crippen LogP contribution in [0.25, 0.3) is 5.69 Å². The minimum Gasteiger partial charge on any atom is -0.324 e. The Bertz CT molecular complexity index is 597. The summed E-state index contributed by atoms with van der Waals surface area (Å²) in [5.74, 6) is 0.353. The van der Waals surface area contributed by atoms with Crippen LogP contribution >= 0.6 is 0 Å². The number of rotatable bonds is 4. The van der Waals surface area contributed by atoms with Crippen LogP contribution < -0.4 is 5.32 Å². The summed E-state index contributed by atoms with van der Waals surface area (Å²) in [6.07, 6.45) is 4.10. The molecule has 0 aliphatic heterocycles. The zero-order valence-corrected chi connectivity index (χ0v) is 13.1. The Morgan fingerprint density at radius 3 is 2.62 bits per heavy atom. The zero-order chi connectivity index (χ0) is 15.5. The van der Waals surface area contributed by atoms with Gasteiger partial charge in [0.15, 0.2) is 0 Å². The molecule has 1 heterocycles. The number of benzene rings is 1. The Kier molecular flexibility index (Phi) is 4.46. The number of aromatic nitrogens is 2. The van der Waals surface area contributed by atoms with Crippen LogP contribution in [0.1, 0.15) is 34.1 Å². The van der Waals surface area contributed by atoms with Crippen LogP contribution in [0.15, 0.2) is 42.7 Å². The van der Waals surface area contributed by atoms with Crippen LogP contribution in [0.3, 0.4) is 0 Å². The van der Waals surface area contributed by atoms with Crippen molar-refractivity contribution in [3.63, 3.8) is 0 Å². The Balaban J connectivity index is 2.12. The maximum absolute atomic E-state index is 12.3. The van der Waals surface area contributed by atoms with E-state index in [0.717, 1.165) is 11.4 Å². The zero-order valence-electron chi connectivity index (χ0n) is 13.1. The van der Waals surface area contributed by atoms with E-state index in [-0.39, 0.29) is 11.3 Å². The molecular weight excluding hydrogens is 262 g/mol. The van der Waals surface area contributed by atoms with Gasteiger partial charge in [-0.3, -0.25) is 4.79 Å². The van der Waals surface area contributed by atoms with Crippen LogP contribution in [-0.4, -0.2) is 15.7 Å². The molecule has 0 bridgehead atoms. The average Bonchev–Trinajstić information content (AvgIpc) is 2.91. The third-order valence-electron chi connectivity index (χ3n) is 3.90. The number of hydrogen-bond donors (Lipinski definition) is 1. The second kappa shape index (κ2) is 6.12. The monoisotopic (exact) mass is 285 g/mol. The van der Waals surface area contributed by atoms with Crippen LogP contribution in [-0.2, 0) is 4.79 Å². The summed E-state index contributed by atoms with van der Waals surface area (Å²) >= 11 is 0. The molecule has 2 rings (SSSR count). The van der Waals surface area contributed by atoms with Crippen molar-refractivity contribution in [2.24, 2.45) is 11.3 Å². The summed E-state index contributed by atoms with van der Waals surface area (Å²) in [4.78, 5) is 12.3. The molecule has 4 heteroatoms. The third kappa shape index (κ3) is 3.94. The average molecular weight is 285 g/mol. The summed E-state index contributed by atoms with van der Waals surface area (Å²) in [5, 5.41) is 7.22. The molecule has 21 heavy (non-hydrogen) atoms. The van der Waals surface area contributed by atoms with Crippen molar-refractivity contribution in [1.29, 1.82) is 0 Å². The molecule has 0 aliphatic carbocycles. The first-order valence-electron chi connectivity index (χ1n) is 7.27. The van der Waals surface area contributed by atoms with Crippen molar-refractivity contribution in [3.05, 3.63) is 42.7 Å². The van der Waals surface area contributed by atoms with Gasteiger partial charge in [-0.05, 0) is 29.5 Å². The molecule has 1 amide bonds. The largest absolute Gasteiger partial charge is 0.324 e. The van der Waals surface area contributed by atoms with E-state index in [1.54, 1.807) is 10.9 Å². The third-order valence-corrected chi connectivity index (χ3v) is 3.90. The quantitative estimate of drug-likeness (QED) is 0.926. The molecule has 2 aromatic rings. The van der Waals surface area contributed by atoms with Gasteiger partial charge in [0.05, 0.1) is 11.4 Å². The van der Waals surface area contributed by atoms with E-state index < -0.39 is 0 Å². The maximum Gasteiger partial charge on any atom is 0.224 e. The molecule has 0 aliphatic rings. The van der Waals surface area contributed by atoms with Crippen LogP contribution in [0, 0.1) is 11.3 Å². The highest BCUT2D eigenvalue weighted by atomic mass is 16.1. The van der Waals surface area contributed by atoms with Crippen molar-refractivity contribution in [1.82, 2.24) is 9.78 Å². The highest BCUT2D eigenvalue weighted by Gasteiger charge is 2.22. The number of carbonyl (C=O) groups is 1. The SMILES string of the molecule is CC(CC(=O)Nc1ccccc1-n1cccn1)C(C)(C)C. The van der Waals surface area contributed by atoms with Gasteiger partial charge in [0, 0.05) is 18.8 Å². The van der Waals surface area contributed by atoms with Gasteiger partial charge in [0.2, 0.25) is 5.91 Å². The maximum atomic E-state index is 12.3. The summed E-state index contributed by atoms with van der Waals surface area (Å²) in [6.45, 7) is 8.58. The number of amides is 1. The molecule has 1 aromatic heterocycles. The van der Waals surface area contributed by atoms with E-state index in [1.807, 2.05) is 36.5 Å². The second-order valence-corrected chi connectivity index (χ2v) is 6.49.